The maximum atomic E-state index is 12.3. The predicted octanol–water partition coefficient (Wildman–Crippen LogP) is 2.88. The third-order valence-corrected chi connectivity index (χ3v) is 7.19. The minimum Gasteiger partial charge on any atom is -0.315 e. The van der Waals surface area contributed by atoms with Gasteiger partial charge in [-0.3, -0.25) is 0 Å². The van der Waals surface area contributed by atoms with Gasteiger partial charge in [0.2, 0.25) is 10.0 Å². The Morgan fingerprint density at radius 3 is 2.24 bits per heavy atom. The zero-order valence-corrected chi connectivity index (χ0v) is 15.0. The van der Waals surface area contributed by atoms with E-state index in [4.69, 9.17) is 0 Å². The van der Waals surface area contributed by atoms with Crippen molar-refractivity contribution in [3.05, 3.63) is 60.2 Å². The van der Waals surface area contributed by atoms with E-state index in [2.05, 4.69) is 46.4 Å². The third-order valence-electron chi connectivity index (χ3n) is 5.21. The van der Waals surface area contributed by atoms with Crippen molar-refractivity contribution in [2.75, 3.05) is 13.1 Å². The van der Waals surface area contributed by atoms with Gasteiger partial charge in [-0.2, -0.15) is 0 Å². The van der Waals surface area contributed by atoms with E-state index in [1.165, 1.54) is 16.7 Å². The third kappa shape index (κ3) is 3.78. The van der Waals surface area contributed by atoms with Crippen LogP contribution in [0.2, 0.25) is 0 Å². The highest BCUT2D eigenvalue weighted by molar-refractivity contribution is 7.90. The van der Waals surface area contributed by atoms with E-state index in [0.29, 0.717) is 6.54 Å². The van der Waals surface area contributed by atoms with Crippen LogP contribution in [0.4, 0.5) is 0 Å². The average Bonchev–Trinajstić information content (AvgIpc) is 3.49. The Morgan fingerprint density at radius 2 is 1.56 bits per heavy atom. The first-order chi connectivity index (χ1) is 12.1. The molecule has 0 aromatic heterocycles. The summed E-state index contributed by atoms with van der Waals surface area (Å²) in [6.45, 7) is 1.61. The van der Waals surface area contributed by atoms with Gasteiger partial charge >= 0.3 is 0 Å². The number of benzene rings is 2. The minimum absolute atomic E-state index is 0.0677. The average molecular weight is 356 g/mol. The molecule has 1 aliphatic carbocycles. The fourth-order valence-electron chi connectivity index (χ4n) is 3.62. The molecule has 1 saturated carbocycles. The summed E-state index contributed by atoms with van der Waals surface area (Å²) in [6, 6.07) is 18.8. The van der Waals surface area contributed by atoms with Gasteiger partial charge in [0.1, 0.15) is 0 Å². The standard InChI is InChI=1S/C20H24N2O2S/c23-25(24,18-10-11-18)22-20-14-21-13-12-19(20)17-8-6-16(7-9-17)15-4-2-1-3-5-15/h1-9,18-22H,10-14H2/t19-,20+/m1/s1. The lowest BCUT2D eigenvalue weighted by Crippen LogP contribution is -2.50. The van der Waals surface area contributed by atoms with Gasteiger partial charge in [0.05, 0.1) is 5.25 Å². The molecule has 2 fully saturated rings. The Hall–Kier alpha value is -1.69. The minimum atomic E-state index is -3.17. The monoisotopic (exact) mass is 356 g/mol. The van der Waals surface area contributed by atoms with Crippen LogP contribution in [0.1, 0.15) is 30.7 Å². The Labute approximate surface area is 149 Å². The second-order valence-electron chi connectivity index (χ2n) is 7.06. The number of piperidine rings is 1. The van der Waals surface area contributed by atoms with Gasteiger partial charge in [0.15, 0.2) is 0 Å². The first-order valence-corrected chi connectivity index (χ1v) is 10.6. The summed E-state index contributed by atoms with van der Waals surface area (Å²) in [7, 11) is -3.17. The van der Waals surface area contributed by atoms with Crippen LogP contribution < -0.4 is 10.0 Å². The molecule has 25 heavy (non-hydrogen) atoms. The summed E-state index contributed by atoms with van der Waals surface area (Å²) in [6.07, 6.45) is 2.54. The molecule has 2 aromatic rings. The molecule has 2 atom stereocenters. The summed E-state index contributed by atoms with van der Waals surface area (Å²) in [5, 5.41) is 3.16. The van der Waals surface area contributed by atoms with E-state index in [0.717, 1.165) is 25.8 Å². The molecular formula is C20H24N2O2S. The van der Waals surface area contributed by atoms with Crippen LogP contribution in [0, 0.1) is 0 Å². The molecule has 0 unspecified atom stereocenters. The molecule has 0 amide bonds. The molecule has 2 aromatic carbocycles. The summed E-state index contributed by atoms with van der Waals surface area (Å²) < 4.78 is 27.6. The molecule has 0 spiro atoms. The summed E-state index contributed by atoms with van der Waals surface area (Å²) in [4.78, 5) is 0. The largest absolute Gasteiger partial charge is 0.315 e. The molecule has 1 saturated heterocycles. The summed E-state index contributed by atoms with van der Waals surface area (Å²) >= 11 is 0. The van der Waals surface area contributed by atoms with Gasteiger partial charge in [-0.05, 0) is 42.5 Å². The number of rotatable bonds is 5. The van der Waals surface area contributed by atoms with E-state index < -0.39 is 10.0 Å². The Kier molecular flexibility index (Phi) is 4.63. The first kappa shape index (κ1) is 16.8. The van der Waals surface area contributed by atoms with E-state index >= 15 is 0 Å². The van der Waals surface area contributed by atoms with E-state index in [9.17, 15) is 8.42 Å². The van der Waals surface area contributed by atoms with Crippen LogP contribution >= 0.6 is 0 Å². The van der Waals surface area contributed by atoms with Crippen LogP contribution in [-0.4, -0.2) is 32.8 Å². The van der Waals surface area contributed by atoms with Crippen LogP contribution in [0.5, 0.6) is 0 Å². The molecule has 0 radical (unpaired) electrons. The molecule has 1 aliphatic heterocycles. The topological polar surface area (TPSA) is 58.2 Å². The van der Waals surface area contributed by atoms with Crippen molar-refractivity contribution in [1.29, 1.82) is 0 Å². The van der Waals surface area contributed by atoms with Crippen molar-refractivity contribution >= 4 is 10.0 Å². The first-order valence-electron chi connectivity index (χ1n) is 9.01. The van der Waals surface area contributed by atoms with Gasteiger partial charge < -0.3 is 5.32 Å². The summed E-state index contributed by atoms with van der Waals surface area (Å²) in [5.41, 5.74) is 3.60. The lowest BCUT2D eigenvalue weighted by Gasteiger charge is -2.33. The van der Waals surface area contributed by atoms with Crippen LogP contribution in [-0.2, 0) is 10.0 Å². The van der Waals surface area contributed by atoms with Crippen LogP contribution in [0.15, 0.2) is 54.6 Å². The van der Waals surface area contributed by atoms with E-state index in [1.54, 1.807) is 0 Å². The maximum absolute atomic E-state index is 12.3. The predicted molar refractivity (Wildman–Crippen MR) is 101 cm³/mol. The van der Waals surface area contributed by atoms with E-state index in [1.807, 2.05) is 18.2 Å². The number of hydrogen-bond acceptors (Lipinski definition) is 3. The molecule has 2 aliphatic rings. The van der Waals surface area contributed by atoms with Crippen molar-refractivity contribution in [2.24, 2.45) is 0 Å². The molecular weight excluding hydrogens is 332 g/mol. The highest BCUT2D eigenvalue weighted by Gasteiger charge is 2.39. The van der Waals surface area contributed by atoms with Gasteiger partial charge in [-0.1, -0.05) is 54.6 Å². The molecule has 5 heteroatoms. The van der Waals surface area contributed by atoms with Gasteiger partial charge in [-0.25, -0.2) is 13.1 Å². The van der Waals surface area contributed by atoms with Gasteiger partial charge in [0, 0.05) is 18.5 Å². The zero-order chi connectivity index (χ0) is 17.3. The lowest BCUT2D eigenvalue weighted by molar-refractivity contribution is 0.378. The van der Waals surface area contributed by atoms with Crippen molar-refractivity contribution in [3.8, 4) is 11.1 Å². The maximum Gasteiger partial charge on any atom is 0.214 e. The normalized spacial score (nSPS) is 24.2. The molecule has 1 heterocycles. The Morgan fingerprint density at radius 1 is 0.880 bits per heavy atom. The fraction of sp³-hybridized carbons (Fsp3) is 0.400. The van der Waals surface area contributed by atoms with Crippen molar-refractivity contribution < 1.29 is 8.42 Å². The van der Waals surface area contributed by atoms with E-state index in [-0.39, 0.29) is 17.2 Å². The zero-order valence-electron chi connectivity index (χ0n) is 14.2. The highest BCUT2D eigenvalue weighted by Crippen LogP contribution is 2.32. The number of sulfonamides is 1. The lowest BCUT2D eigenvalue weighted by atomic mass is 9.86. The van der Waals surface area contributed by atoms with Crippen molar-refractivity contribution in [3.63, 3.8) is 0 Å². The second kappa shape index (κ2) is 6.90. The van der Waals surface area contributed by atoms with Gasteiger partial charge in [0.25, 0.3) is 0 Å². The molecule has 4 nitrogen and oxygen atoms in total. The van der Waals surface area contributed by atoms with Crippen molar-refractivity contribution in [1.82, 2.24) is 10.0 Å². The second-order valence-corrected chi connectivity index (χ2v) is 9.05. The van der Waals surface area contributed by atoms with Crippen LogP contribution in [0.3, 0.4) is 0 Å². The smallest absolute Gasteiger partial charge is 0.214 e. The van der Waals surface area contributed by atoms with Crippen LogP contribution in [0.25, 0.3) is 11.1 Å². The molecule has 2 N–H and O–H groups in total. The Bertz CT molecular complexity index is 815. The number of hydrogen-bond donors (Lipinski definition) is 2. The molecule has 0 bridgehead atoms. The highest BCUT2D eigenvalue weighted by atomic mass is 32.2. The fourth-order valence-corrected chi connectivity index (χ4v) is 5.24. The Balaban J connectivity index is 1.54. The SMILES string of the molecule is O=S(=O)(N[C@H]1CNCC[C@@H]1c1ccc(-c2ccccc2)cc1)C1CC1. The summed E-state index contributed by atoms with van der Waals surface area (Å²) in [5.74, 6) is 0.222. The van der Waals surface area contributed by atoms with Gasteiger partial charge in [-0.15, -0.1) is 0 Å². The molecule has 4 rings (SSSR count). The molecule has 132 valence electrons. The number of nitrogens with one attached hydrogen (secondary N) is 2. The van der Waals surface area contributed by atoms with Crippen molar-refractivity contribution in [2.45, 2.75) is 36.5 Å². The quantitative estimate of drug-likeness (QED) is 0.866.